The summed E-state index contributed by atoms with van der Waals surface area (Å²) in [6.07, 6.45) is 2.05. The summed E-state index contributed by atoms with van der Waals surface area (Å²) in [5.74, 6) is 0.729. The second-order valence-corrected chi connectivity index (χ2v) is 5.18. The third-order valence-electron chi connectivity index (χ3n) is 3.73. The number of hydrogen-bond acceptors (Lipinski definition) is 3. The Bertz CT molecular complexity index is 397. The molecule has 1 heterocycles. The van der Waals surface area contributed by atoms with Gasteiger partial charge in [0.1, 0.15) is 5.75 Å². The average Bonchev–Trinajstić information content (AvgIpc) is 2.40. The maximum atomic E-state index is 6.23. The lowest BCUT2D eigenvalue weighted by Crippen LogP contribution is -2.41. The van der Waals surface area contributed by atoms with Crippen molar-refractivity contribution in [3.63, 3.8) is 0 Å². The number of likely N-dealkylation sites (N-methyl/N-ethyl adjacent to an activating group) is 1. The fraction of sp³-hybridized carbons (Fsp3) is 0.571. The van der Waals surface area contributed by atoms with Crippen molar-refractivity contribution in [2.45, 2.75) is 18.3 Å². The maximum absolute atomic E-state index is 6.23. The van der Waals surface area contributed by atoms with Crippen LogP contribution in [0.2, 0.25) is 5.02 Å². The summed E-state index contributed by atoms with van der Waals surface area (Å²) >= 11 is 6.23. The van der Waals surface area contributed by atoms with Gasteiger partial charge >= 0.3 is 0 Å². The number of ether oxygens (including phenoxy) is 2. The molecule has 0 aliphatic carbocycles. The summed E-state index contributed by atoms with van der Waals surface area (Å²) in [5.41, 5.74) is 1.40. The van der Waals surface area contributed by atoms with Crippen LogP contribution in [0.15, 0.2) is 18.2 Å². The van der Waals surface area contributed by atoms with Gasteiger partial charge in [-0.25, -0.2) is 0 Å². The van der Waals surface area contributed by atoms with E-state index in [-0.39, 0.29) is 5.41 Å². The van der Waals surface area contributed by atoms with E-state index in [9.17, 15) is 0 Å². The monoisotopic (exact) mass is 269 g/mol. The Morgan fingerprint density at radius 1 is 1.39 bits per heavy atom. The molecule has 0 amide bonds. The fourth-order valence-corrected chi connectivity index (χ4v) is 2.92. The standard InChI is InChI=1S/C14H20ClNO2/c1-16-10-14(5-7-18-8-6-14)11-3-4-13(17-2)12(15)9-11/h3-4,9,16H,5-8,10H2,1-2H3. The van der Waals surface area contributed by atoms with Crippen LogP contribution in [-0.2, 0) is 10.2 Å². The van der Waals surface area contributed by atoms with Crippen LogP contribution in [0.5, 0.6) is 5.75 Å². The molecule has 1 aliphatic heterocycles. The van der Waals surface area contributed by atoms with Crippen LogP contribution in [0.1, 0.15) is 18.4 Å². The molecule has 2 rings (SSSR count). The Morgan fingerprint density at radius 2 is 2.11 bits per heavy atom. The molecule has 0 unspecified atom stereocenters. The predicted octanol–water partition coefficient (Wildman–Crippen LogP) is 2.62. The van der Waals surface area contributed by atoms with E-state index in [1.54, 1.807) is 7.11 Å². The van der Waals surface area contributed by atoms with E-state index in [2.05, 4.69) is 11.4 Å². The number of hydrogen-bond donors (Lipinski definition) is 1. The average molecular weight is 270 g/mol. The summed E-state index contributed by atoms with van der Waals surface area (Å²) in [5, 5.41) is 3.97. The van der Waals surface area contributed by atoms with Crippen molar-refractivity contribution in [2.75, 3.05) is 33.9 Å². The maximum Gasteiger partial charge on any atom is 0.137 e. The van der Waals surface area contributed by atoms with Crippen LogP contribution in [-0.4, -0.2) is 33.9 Å². The molecule has 1 fully saturated rings. The van der Waals surface area contributed by atoms with Gasteiger partial charge in [0, 0.05) is 25.2 Å². The number of benzene rings is 1. The second kappa shape index (κ2) is 5.91. The molecular formula is C14H20ClNO2. The molecule has 0 spiro atoms. The lowest BCUT2D eigenvalue weighted by molar-refractivity contribution is 0.0505. The lowest BCUT2D eigenvalue weighted by atomic mass is 9.74. The van der Waals surface area contributed by atoms with E-state index in [0.717, 1.165) is 38.3 Å². The molecule has 1 N–H and O–H groups in total. The third-order valence-corrected chi connectivity index (χ3v) is 4.02. The molecule has 1 saturated heterocycles. The molecule has 4 heteroatoms. The lowest BCUT2D eigenvalue weighted by Gasteiger charge is -2.38. The fourth-order valence-electron chi connectivity index (χ4n) is 2.66. The zero-order chi connectivity index (χ0) is 13.0. The van der Waals surface area contributed by atoms with Crippen molar-refractivity contribution in [3.05, 3.63) is 28.8 Å². The van der Waals surface area contributed by atoms with Crippen molar-refractivity contribution in [1.29, 1.82) is 0 Å². The van der Waals surface area contributed by atoms with E-state index in [0.29, 0.717) is 5.02 Å². The van der Waals surface area contributed by atoms with E-state index in [1.807, 2.05) is 19.2 Å². The Hall–Kier alpha value is -0.770. The van der Waals surface area contributed by atoms with Crippen molar-refractivity contribution in [1.82, 2.24) is 5.32 Å². The molecule has 3 nitrogen and oxygen atoms in total. The largest absolute Gasteiger partial charge is 0.495 e. The van der Waals surface area contributed by atoms with Crippen LogP contribution < -0.4 is 10.1 Å². The van der Waals surface area contributed by atoms with Crippen molar-refractivity contribution >= 4 is 11.6 Å². The van der Waals surface area contributed by atoms with Gasteiger partial charge in [-0.3, -0.25) is 0 Å². The van der Waals surface area contributed by atoms with E-state index in [1.165, 1.54) is 5.56 Å². The van der Waals surface area contributed by atoms with Crippen LogP contribution >= 0.6 is 11.6 Å². The zero-order valence-corrected chi connectivity index (χ0v) is 11.7. The van der Waals surface area contributed by atoms with Gasteiger partial charge in [-0.2, -0.15) is 0 Å². The van der Waals surface area contributed by atoms with Crippen LogP contribution in [0.4, 0.5) is 0 Å². The van der Waals surface area contributed by atoms with E-state index >= 15 is 0 Å². The summed E-state index contributed by atoms with van der Waals surface area (Å²) in [4.78, 5) is 0. The minimum Gasteiger partial charge on any atom is -0.495 e. The van der Waals surface area contributed by atoms with Gasteiger partial charge in [0.2, 0.25) is 0 Å². The first-order valence-corrected chi connectivity index (χ1v) is 6.66. The summed E-state index contributed by atoms with van der Waals surface area (Å²) in [7, 11) is 3.63. The second-order valence-electron chi connectivity index (χ2n) is 4.77. The van der Waals surface area contributed by atoms with Gasteiger partial charge in [-0.15, -0.1) is 0 Å². The molecule has 1 aromatic rings. The molecular weight excluding hydrogens is 250 g/mol. The number of nitrogens with one attached hydrogen (secondary N) is 1. The highest BCUT2D eigenvalue weighted by atomic mass is 35.5. The highest BCUT2D eigenvalue weighted by molar-refractivity contribution is 6.32. The molecule has 1 aliphatic rings. The van der Waals surface area contributed by atoms with Crippen LogP contribution in [0.3, 0.4) is 0 Å². The molecule has 0 saturated carbocycles. The highest BCUT2D eigenvalue weighted by Gasteiger charge is 2.34. The van der Waals surface area contributed by atoms with Gasteiger partial charge in [0.15, 0.2) is 0 Å². The van der Waals surface area contributed by atoms with Crippen LogP contribution in [0, 0.1) is 0 Å². The van der Waals surface area contributed by atoms with Crippen molar-refractivity contribution < 1.29 is 9.47 Å². The summed E-state index contributed by atoms with van der Waals surface area (Å²) in [6.45, 7) is 2.57. The predicted molar refractivity (Wildman–Crippen MR) is 73.7 cm³/mol. The van der Waals surface area contributed by atoms with Gasteiger partial charge in [-0.05, 0) is 37.6 Å². The minimum absolute atomic E-state index is 0.128. The smallest absolute Gasteiger partial charge is 0.137 e. The number of rotatable bonds is 4. The molecule has 0 radical (unpaired) electrons. The molecule has 0 bridgehead atoms. The Labute approximate surface area is 113 Å². The Balaban J connectivity index is 2.33. The highest BCUT2D eigenvalue weighted by Crippen LogP contribution is 2.37. The molecule has 1 aromatic carbocycles. The molecule has 100 valence electrons. The first-order valence-electron chi connectivity index (χ1n) is 6.28. The van der Waals surface area contributed by atoms with Gasteiger partial charge in [0.05, 0.1) is 12.1 Å². The van der Waals surface area contributed by atoms with Crippen molar-refractivity contribution in [3.8, 4) is 5.75 Å². The van der Waals surface area contributed by atoms with Gasteiger partial charge in [0.25, 0.3) is 0 Å². The Kier molecular flexibility index (Phi) is 4.49. The van der Waals surface area contributed by atoms with Gasteiger partial charge in [-0.1, -0.05) is 17.7 Å². The Morgan fingerprint density at radius 3 is 2.67 bits per heavy atom. The first kappa shape index (κ1) is 13.7. The van der Waals surface area contributed by atoms with Gasteiger partial charge < -0.3 is 14.8 Å². The van der Waals surface area contributed by atoms with E-state index < -0.39 is 0 Å². The van der Waals surface area contributed by atoms with Crippen LogP contribution in [0.25, 0.3) is 0 Å². The minimum atomic E-state index is 0.128. The quantitative estimate of drug-likeness (QED) is 0.912. The first-order chi connectivity index (χ1) is 8.72. The number of halogens is 1. The third kappa shape index (κ3) is 2.63. The summed E-state index contributed by atoms with van der Waals surface area (Å²) in [6, 6.07) is 6.10. The van der Waals surface area contributed by atoms with E-state index in [4.69, 9.17) is 21.1 Å². The summed E-state index contributed by atoms with van der Waals surface area (Å²) < 4.78 is 10.7. The topological polar surface area (TPSA) is 30.5 Å². The SMILES string of the molecule is CNCC1(c2ccc(OC)c(Cl)c2)CCOCC1. The molecule has 0 aromatic heterocycles. The molecule has 0 atom stereocenters. The zero-order valence-electron chi connectivity index (χ0n) is 11.0. The number of methoxy groups -OCH3 is 1. The van der Waals surface area contributed by atoms with Crippen molar-refractivity contribution in [2.24, 2.45) is 0 Å². The molecule has 18 heavy (non-hydrogen) atoms. The normalized spacial score (nSPS) is 18.6.